The van der Waals surface area contributed by atoms with E-state index in [4.69, 9.17) is 0 Å². The van der Waals surface area contributed by atoms with Crippen molar-refractivity contribution in [2.24, 2.45) is 5.41 Å². The minimum absolute atomic E-state index is 0.0444. The highest BCUT2D eigenvalue weighted by molar-refractivity contribution is 6.56. The SMILES string of the molecule is Cc1ccc(N2C(=O)C(=O)/C(=C(/O)c3ccccc3)C23C(=O)N(NC(=O)c2cccc([N+](=O)[O-])c2)C2=C3C(=O)CC(C)(C)C2)cc1. The number of rotatable bonds is 5. The highest BCUT2D eigenvalue weighted by Crippen LogP contribution is 2.55. The van der Waals surface area contributed by atoms with Crippen LogP contribution in [0.5, 0.6) is 0 Å². The van der Waals surface area contributed by atoms with Crippen molar-refractivity contribution in [1.82, 2.24) is 10.4 Å². The Bertz CT molecular complexity index is 1940. The van der Waals surface area contributed by atoms with Crippen LogP contribution in [-0.2, 0) is 19.2 Å². The third-order valence-corrected chi connectivity index (χ3v) is 8.43. The first kappa shape index (κ1) is 30.1. The molecule has 2 aliphatic heterocycles. The summed E-state index contributed by atoms with van der Waals surface area (Å²) < 4.78 is 0. The molecule has 3 amide bonds. The van der Waals surface area contributed by atoms with E-state index in [0.717, 1.165) is 21.5 Å². The van der Waals surface area contributed by atoms with E-state index in [-0.39, 0.29) is 46.6 Å². The van der Waals surface area contributed by atoms with E-state index in [1.807, 2.05) is 6.92 Å². The molecular formula is C34H28N4O8. The molecule has 12 heteroatoms. The van der Waals surface area contributed by atoms with E-state index in [0.29, 0.717) is 0 Å². The maximum Gasteiger partial charge on any atom is 0.300 e. The predicted octanol–water partition coefficient (Wildman–Crippen LogP) is 4.36. The van der Waals surface area contributed by atoms with Gasteiger partial charge in [0.2, 0.25) is 0 Å². The van der Waals surface area contributed by atoms with Gasteiger partial charge in [-0.25, -0.2) is 5.01 Å². The van der Waals surface area contributed by atoms with Gasteiger partial charge in [0.15, 0.2) is 11.3 Å². The van der Waals surface area contributed by atoms with E-state index >= 15 is 4.79 Å². The zero-order valence-electron chi connectivity index (χ0n) is 25.1. The van der Waals surface area contributed by atoms with Crippen LogP contribution in [0.4, 0.5) is 11.4 Å². The van der Waals surface area contributed by atoms with Crippen LogP contribution in [0, 0.1) is 22.5 Å². The molecule has 1 saturated heterocycles. The van der Waals surface area contributed by atoms with Gasteiger partial charge in [0, 0.05) is 35.4 Å². The molecule has 1 unspecified atom stereocenters. The van der Waals surface area contributed by atoms with Crippen molar-refractivity contribution in [2.45, 2.75) is 39.2 Å². The zero-order valence-corrected chi connectivity index (χ0v) is 25.1. The van der Waals surface area contributed by atoms with E-state index < -0.39 is 56.5 Å². The van der Waals surface area contributed by atoms with Crippen molar-refractivity contribution in [3.05, 3.63) is 123 Å². The summed E-state index contributed by atoms with van der Waals surface area (Å²) in [5.74, 6) is -5.51. The van der Waals surface area contributed by atoms with Crippen molar-refractivity contribution in [2.75, 3.05) is 4.90 Å². The van der Waals surface area contributed by atoms with Crippen LogP contribution >= 0.6 is 0 Å². The molecule has 1 fully saturated rings. The number of nitro benzene ring substituents is 1. The van der Waals surface area contributed by atoms with Crippen LogP contribution in [0.25, 0.3) is 5.76 Å². The minimum Gasteiger partial charge on any atom is -0.507 e. The van der Waals surface area contributed by atoms with Crippen LogP contribution in [0.2, 0.25) is 0 Å². The molecule has 2 heterocycles. The lowest BCUT2D eigenvalue weighted by Gasteiger charge is -2.37. The molecule has 3 aliphatic rings. The predicted molar refractivity (Wildman–Crippen MR) is 165 cm³/mol. The third kappa shape index (κ3) is 4.48. The Kier molecular flexibility index (Phi) is 6.95. The van der Waals surface area contributed by atoms with E-state index in [1.165, 1.54) is 42.5 Å². The van der Waals surface area contributed by atoms with Gasteiger partial charge < -0.3 is 5.11 Å². The molecule has 6 rings (SSSR count). The van der Waals surface area contributed by atoms with Gasteiger partial charge in [-0.15, -0.1) is 0 Å². The van der Waals surface area contributed by atoms with Gasteiger partial charge in [-0.2, -0.15) is 0 Å². The van der Waals surface area contributed by atoms with Gasteiger partial charge in [0.25, 0.3) is 23.3 Å². The molecule has 12 nitrogen and oxygen atoms in total. The molecule has 1 atom stereocenters. The van der Waals surface area contributed by atoms with Gasteiger partial charge >= 0.3 is 5.91 Å². The largest absolute Gasteiger partial charge is 0.507 e. The van der Waals surface area contributed by atoms with Crippen LogP contribution in [0.3, 0.4) is 0 Å². The molecule has 3 aromatic rings. The number of non-ortho nitro benzene ring substituents is 1. The number of nitrogens with one attached hydrogen (secondary N) is 1. The number of aliphatic hydroxyl groups excluding tert-OH is 1. The quantitative estimate of drug-likeness (QED) is 0.140. The maximum atomic E-state index is 15.0. The van der Waals surface area contributed by atoms with Crippen molar-refractivity contribution < 1.29 is 34.0 Å². The summed E-state index contributed by atoms with van der Waals surface area (Å²) in [5, 5.41) is 23.9. The van der Waals surface area contributed by atoms with E-state index in [2.05, 4.69) is 5.43 Å². The standard InChI is InChI=1S/C34H28N4O8/c1-19-12-14-22(15-13-19)36-31(43)29(41)27(28(40)20-8-5-4-6-9-20)34(36)26-24(17-33(2,3)18-25(26)39)37(32(34)44)35-30(42)21-10-7-11-23(16-21)38(45)46/h4-16,40H,17-18H2,1-3H3,(H,35,42)/b28-27-. The number of carbonyl (C=O) groups excluding carboxylic acids is 5. The highest BCUT2D eigenvalue weighted by atomic mass is 16.6. The lowest BCUT2D eigenvalue weighted by molar-refractivity contribution is -0.384. The maximum absolute atomic E-state index is 15.0. The van der Waals surface area contributed by atoms with Crippen molar-refractivity contribution >= 4 is 46.4 Å². The fourth-order valence-corrected chi connectivity index (χ4v) is 6.43. The van der Waals surface area contributed by atoms with Crippen molar-refractivity contribution in [1.29, 1.82) is 0 Å². The summed E-state index contributed by atoms with van der Waals surface area (Å²) in [6.45, 7) is 5.40. The number of anilines is 1. The molecule has 232 valence electrons. The Morgan fingerprint density at radius 1 is 0.913 bits per heavy atom. The molecule has 3 aromatic carbocycles. The molecule has 0 radical (unpaired) electrons. The molecule has 1 aliphatic carbocycles. The number of hydrazine groups is 1. The zero-order chi connectivity index (χ0) is 33.1. The molecule has 46 heavy (non-hydrogen) atoms. The summed E-state index contributed by atoms with van der Waals surface area (Å²) in [6.07, 6.45) is 0.0112. The lowest BCUT2D eigenvalue weighted by atomic mass is 9.70. The van der Waals surface area contributed by atoms with Gasteiger partial charge in [-0.1, -0.05) is 67.9 Å². The number of aryl methyl sites for hydroxylation is 1. The number of hydrogen-bond donors (Lipinski definition) is 2. The van der Waals surface area contributed by atoms with E-state index in [1.54, 1.807) is 44.2 Å². The number of amides is 3. The molecular weight excluding hydrogens is 592 g/mol. The smallest absolute Gasteiger partial charge is 0.300 e. The van der Waals surface area contributed by atoms with Gasteiger partial charge in [0.1, 0.15) is 5.76 Å². The average molecular weight is 621 g/mol. The summed E-state index contributed by atoms with van der Waals surface area (Å²) in [7, 11) is 0. The van der Waals surface area contributed by atoms with Crippen LogP contribution in [-0.4, -0.2) is 49.9 Å². The first-order valence-electron chi connectivity index (χ1n) is 14.4. The normalized spacial score (nSPS) is 21.6. The second kappa shape index (κ2) is 10.6. The first-order valence-corrected chi connectivity index (χ1v) is 14.4. The number of hydrogen-bond acceptors (Lipinski definition) is 8. The number of benzene rings is 3. The number of ketones is 2. The lowest BCUT2D eigenvalue weighted by Crippen LogP contribution is -2.58. The number of nitro groups is 1. The number of nitrogens with zero attached hydrogens (tertiary/aromatic N) is 3. The number of fused-ring (bicyclic) bond motifs is 1. The van der Waals surface area contributed by atoms with Gasteiger partial charge in [-0.3, -0.25) is 44.4 Å². The summed E-state index contributed by atoms with van der Waals surface area (Å²) in [6, 6.07) is 19.1. The van der Waals surface area contributed by atoms with Crippen LogP contribution in [0.1, 0.15) is 48.2 Å². The summed E-state index contributed by atoms with van der Waals surface area (Å²) >= 11 is 0. The number of carbonyl (C=O) groups is 5. The Labute approximate surface area is 262 Å². The second-order valence-electron chi connectivity index (χ2n) is 12.3. The first-order chi connectivity index (χ1) is 21.8. The summed E-state index contributed by atoms with van der Waals surface area (Å²) in [4.78, 5) is 82.3. The minimum atomic E-state index is -2.47. The van der Waals surface area contributed by atoms with Crippen molar-refractivity contribution in [3.8, 4) is 0 Å². The average Bonchev–Trinajstić information content (AvgIpc) is 3.39. The topological polar surface area (TPSA) is 167 Å². The molecule has 0 saturated carbocycles. The van der Waals surface area contributed by atoms with Gasteiger partial charge in [0.05, 0.1) is 21.8 Å². The Morgan fingerprint density at radius 3 is 2.22 bits per heavy atom. The molecule has 0 aromatic heterocycles. The van der Waals surface area contributed by atoms with E-state index in [9.17, 15) is 34.4 Å². The summed E-state index contributed by atoms with van der Waals surface area (Å²) in [5.41, 5.74) is -0.917. The Morgan fingerprint density at radius 2 is 1.57 bits per heavy atom. The van der Waals surface area contributed by atoms with Crippen LogP contribution in [0.15, 0.2) is 95.7 Å². The fourth-order valence-electron chi connectivity index (χ4n) is 6.43. The van der Waals surface area contributed by atoms with Gasteiger partial charge in [-0.05, 0) is 37.0 Å². The third-order valence-electron chi connectivity index (χ3n) is 8.43. The molecule has 0 bridgehead atoms. The van der Waals surface area contributed by atoms with Crippen LogP contribution < -0.4 is 10.3 Å². The fraction of sp³-hybridized carbons (Fsp3) is 0.206. The number of allylic oxidation sites excluding steroid dienone is 1. The number of Topliss-reactive ketones (excluding diaryl/α,β-unsaturated/α-hetero) is 2. The second-order valence-corrected chi connectivity index (χ2v) is 12.3. The molecule has 1 spiro atoms. The number of aliphatic hydroxyl groups is 1. The highest BCUT2D eigenvalue weighted by Gasteiger charge is 2.71. The molecule has 2 N–H and O–H groups in total. The Balaban J connectivity index is 1.63. The Hall–Kier alpha value is -5.91. The van der Waals surface area contributed by atoms with Crippen molar-refractivity contribution in [3.63, 3.8) is 0 Å². The monoisotopic (exact) mass is 620 g/mol.